The van der Waals surface area contributed by atoms with Gasteiger partial charge in [0.05, 0.1) is 23.6 Å². The molecule has 24 heavy (non-hydrogen) atoms. The van der Waals surface area contributed by atoms with Crippen LogP contribution in [-0.4, -0.2) is 40.7 Å². The van der Waals surface area contributed by atoms with Gasteiger partial charge in [-0.15, -0.1) is 0 Å². The van der Waals surface area contributed by atoms with Crippen molar-refractivity contribution in [3.63, 3.8) is 0 Å². The van der Waals surface area contributed by atoms with Gasteiger partial charge >= 0.3 is 0 Å². The summed E-state index contributed by atoms with van der Waals surface area (Å²) >= 11 is 0. The summed E-state index contributed by atoms with van der Waals surface area (Å²) in [5, 5.41) is 7.42. The van der Waals surface area contributed by atoms with Crippen molar-refractivity contribution < 1.29 is 9.21 Å². The molecule has 1 saturated heterocycles. The Morgan fingerprint density at radius 3 is 2.83 bits per heavy atom. The van der Waals surface area contributed by atoms with Crippen molar-refractivity contribution in [3.05, 3.63) is 41.1 Å². The number of carbonyl (C=O) groups is 1. The SMILES string of the molecule is Cc1coc(C)c1C(=O)NC[C@@H]1CCCN(C)[C@H]1c1ccnn1C. The maximum Gasteiger partial charge on any atom is 0.255 e. The molecule has 2 atom stereocenters. The number of amides is 1. The minimum atomic E-state index is -0.0456. The smallest absolute Gasteiger partial charge is 0.255 e. The number of nitrogens with zero attached hydrogens (tertiary/aromatic N) is 3. The van der Waals surface area contributed by atoms with Crippen LogP contribution < -0.4 is 5.32 Å². The minimum absolute atomic E-state index is 0.0456. The standard InChI is InChI=1S/C18H26N4O2/c1-12-11-24-13(2)16(12)18(23)19-10-14-6-5-9-21(3)17(14)15-7-8-20-22(15)4/h7-8,11,14,17H,5-6,9-10H2,1-4H3,(H,19,23)/t14-,17+/m0/s1. The Kier molecular flexibility index (Phi) is 4.76. The lowest BCUT2D eigenvalue weighted by atomic mass is 9.87. The summed E-state index contributed by atoms with van der Waals surface area (Å²) in [5.74, 6) is 1.00. The van der Waals surface area contributed by atoms with Gasteiger partial charge in [0.1, 0.15) is 5.76 Å². The first-order valence-corrected chi connectivity index (χ1v) is 8.50. The summed E-state index contributed by atoms with van der Waals surface area (Å²) < 4.78 is 7.28. The number of hydrogen-bond donors (Lipinski definition) is 1. The molecule has 3 rings (SSSR count). The zero-order valence-electron chi connectivity index (χ0n) is 14.9. The molecule has 0 spiro atoms. The van der Waals surface area contributed by atoms with Gasteiger partial charge in [-0.05, 0) is 52.3 Å². The van der Waals surface area contributed by atoms with Gasteiger partial charge in [-0.2, -0.15) is 5.10 Å². The molecule has 1 aliphatic rings. The second kappa shape index (κ2) is 6.81. The average Bonchev–Trinajstić information content (AvgIpc) is 3.11. The third-order valence-electron chi connectivity index (χ3n) is 5.08. The fourth-order valence-electron chi connectivity index (χ4n) is 3.84. The van der Waals surface area contributed by atoms with Crippen molar-refractivity contribution in [2.75, 3.05) is 20.1 Å². The topological polar surface area (TPSA) is 63.3 Å². The number of aryl methyl sites for hydroxylation is 3. The van der Waals surface area contributed by atoms with E-state index in [-0.39, 0.29) is 11.9 Å². The summed E-state index contributed by atoms with van der Waals surface area (Å²) in [6.07, 6.45) is 5.72. The normalized spacial score (nSPS) is 21.8. The maximum absolute atomic E-state index is 12.5. The summed E-state index contributed by atoms with van der Waals surface area (Å²) in [5.41, 5.74) is 2.75. The van der Waals surface area contributed by atoms with Gasteiger partial charge < -0.3 is 9.73 Å². The molecular formula is C18H26N4O2. The molecule has 1 amide bonds. The molecule has 6 heteroatoms. The Morgan fingerprint density at radius 2 is 2.21 bits per heavy atom. The van der Waals surface area contributed by atoms with Crippen LogP contribution >= 0.6 is 0 Å². The molecule has 6 nitrogen and oxygen atoms in total. The number of likely N-dealkylation sites (tertiary alicyclic amines) is 1. The van der Waals surface area contributed by atoms with Crippen molar-refractivity contribution in [1.29, 1.82) is 0 Å². The van der Waals surface area contributed by atoms with Crippen LogP contribution in [0.3, 0.4) is 0 Å². The lowest BCUT2D eigenvalue weighted by Gasteiger charge is -2.39. The molecule has 130 valence electrons. The Balaban J connectivity index is 1.73. The van der Waals surface area contributed by atoms with E-state index in [0.29, 0.717) is 23.8 Å². The molecule has 3 heterocycles. The predicted molar refractivity (Wildman–Crippen MR) is 91.8 cm³/mol. The molecule has 0 saturated carbocycles. The Bertz CT molecular complexity index is 699. The molecule has 0 aliphatic carbocycles. The maximum atomic E-state index is 12.5. The summed E-state index contributed by atoms with van der Waals surface area (Å²) in [7, 11) is 4.13. The van der Waals surface area contributed by atoms with Crippen LogP contribution in [0, 0.1) is 19.8 Å². The van der Waals surface area contributed by atoms with Gasteiger partial charge in [-0.1, -0.05) is 0 Å². The van der Waals surface area contributed by atoms with E-state index in [2.05, 4.69) is 28.4 Å². The minimum Gasteiger partial charge on any atom is -0.469 e. The molecule has 1 aliphatic heterocycles. The predicted octanol–water partition coefficient (Wildman–Crippen LogP) is 2.44. The van der Waals surface area contributed by atoms with Crippen LogP contribution in [-0.2, 0) is 7.05 Å². The van der Waals surface area contributed by atoms with E-state index >= 15 is 0 Å². The third-order valence-corrected chi connectivity index (χ3v) is 5.08. The number of aromatic nitrogens is 2. The summed E-state index contributed by atoms with van der Waals surface area (Å²) in [6.45, 7) is 5.45. The van der Waals surface area contributed by atoms with Crippen LogP contribution in [0.4, 0.5) is 0 Å². The monoisotopic (exact) mass is 330 g/mol. The lowest BCUT2D eigenvalue weighted by molar-refractivity contribution is 0.0878. The van der Waals surface area contributed by atoms with E-state index in [0.717, 1.165) is 24.9 Å². The first-order chi connectivity index (χ1) is 11.5. The molecular weight excluding hydrogens is 304 g/mol. The van der Waals surface area contributed by atoms with Gasteiger partial charge in [0.15, 0.2) is 0 Å². The first kappa shape index (κ1) is 16.8. The summed E-state index contributed by atoms with van der Waals surface area (Å²) in [6, 6.07) is 2.35. The Morgan fingerprint density at radius 1 is 1.42 bits per heavy atom. The van der Waals surface area contributed by atoms with Crippen LogP contribution in [0.5, 0.6) is 0 Å². The van der Waals surface area contributed by atoms with Crippen LogP contribution in [0.25, 0.3) is 0 Å². The Labute approximate surface area is 142 Å². The van der Waals surface area contributed by atoms with Gasteiger partial charge in [-0.3, -0.25) is 14.4 Å². The average molecular weight is 330 g/mol. The third kappa shape index (κ3) is 3.11. The highest BCUT2D eigenvalue weighted by Gasteiger charge is 2.32. The van der Waals surface area contributed by atoms with Crippen LogP contribution in [0.15, 0.2) is 22.9 Å². The first-order valence-electron chi connectivity index (χ1n) is 8.50. The number of nitrogens with one attached hydrogen (secondary N) is 1. The second-order valence-corrected chi connectivity index (χ2v) is 6.77. The van der Waals surface area contributed by atoms with E-state index in [1.807, 2.05) is 31.8 Å². The van der Waals surface area contributed by atoms with Crippen molar-refractivity contribution in [3.8, 4) is 0 Å². The molecule has 1 fully saturated rings. The van der Waals surface area contributed by atoms with Gasteiger partial charge in [0, 0.05) is 25.4 Å². The van der Waals surface area contributed by atoms with E-state index in [4.69, 9.17) is 4.42 Å². The van der Waals surface area contributed by atoms with Crippen molar-refractivity contribution in [2.24, 2.45) is 13.0 Å². The second-order valence-electron chi connectivity index (χ2n) is 6.77. The fraction of sp³-hybridized carbons (Fsp3) is 0.556. The highest BCUT2D eigenvalue weighted by atomic mass is 16.3. The van der Waals surface area contributed by atoms with Gasteiger partial charge in [0.2, 0.25) is 0 Å². The quantitative estimate of drug-likeness (QED) is 0.935. The van der Waals surface area contributed by atoms with Crippen LogP contribution in [0.2, 0.25) is 0 Å². The number of piperidine rings is 1. The van der Waals surface area contributed by atoms with Crippen molar-refractivity contribution >= 4 is 5.91 Å². The number of furan rings is 1. The van der Waals surface area contributed by atoms with Crippen molar-refractivity contribution in [1.82, 2.24) is 20.0 Å². The Hall–Kier alpha value is -2.08. The lowest BCUT2D eigenvalue weighted by Crippen LogP contribution is -2.42. The molecule has 0 radical (unpaired) electrons. The van der Waals surface area contributed by atoms with E-state index in [1.54, 1.807) is 6.26 Å². The molecule has 0 unspecified atom stereocenters. The number of hydrogen-bond acceptors (Lipinski definition) is 4. The number of rotatable bonds is 4. The van der Waals surface area contributed by atoms with Gasteiger partial charge in [0.25, 0.3) is 5.91 Å². The van der Waals surface area contributed by atoms with E-state index in [9.17, 15) is 4.79 Å². The molecule has 2 aromatic heterocycles. The summed E-state index contributed by atoms with van der Waals surface area (Å²) in [4.78, 5) is 14.9. The van der Waals surface area contributed by atoms with Crippen LogP contribution in [0.1, 0.15) is 46.3 Å². The number of carbonyl (C=O) groups excluding carboxylic acids is 1. The molecule has 0 aromatic carbocycles. The van der Waals surface area contributed by atoms with Gasteiger partial charge in [-0.25, -0.2) is 0 Å². The van der Waals surface area contributed by atoms with Crippen molar-refractivity contribution in [2.45, 2.75) is 32.7 Å². The molecule has 2 aromatic rings. The fourth-order valence-corrected chi connectivity index (χ4v) is 3.84. The zero-order chi connectivity index (χ0) is 17.3. The molecule has 1 N–H and O–H groups in total. The highest BCUT2D eigenvalue weighted by Crippen LogP contribution is 2.34. The van der Waals surface area contributed by atoms with E-state index in [1.165, 1.54) is 5.69 Å². The zero-order valence-corrected chi connectivity index (χ0v) is 14.9. The highest BCUT2D eigenvalue weighted by molar-refractivity contribution is 5.96. The molecule has 0 bridgehead atoms. The van der Waals surface area contributed by atoms with E-state index < -0.39 is 0 Å². The largest absolute Gasteiger partial charge is 0.469 e.